The van der Waals surface area contributed by atoms with Gasteiger partial charge in [0.05, 0.1) is 7.11 Å². The Morgan fingerprint density at radius 2 is 2.00 bits per heavy atom. The number of hydrogen-bond acceptors (Lipinski definition) is 3. The number of hydrogen-bond donors (Lipinski definition) is 1. The van der Waals surface area contributed by atoms with Crippen LogP contribution in [-0.4, -0.2) is 18.0 Å². The molecule has 0 fully saturated rings. The van der Waals surface area contributed by atoms with Gasteiger partial charge < -0.3 is 9.84 Å². The van der Waals surface area contributed by atoms with Gasteiger partial charge in [-0.25, -0.2) is 0 Å². The standard InChI is InChI=1S/C17H16O3/c1-12-4-3-5-14(10-12)15(18)8-6-13-7-9-17(20-2)16(19)11-13/h3-11,19H,1-2H3/b8-6+. The van der Waals surface area contributed by atoms with E-state index in [1.807, 2.05) is 25.1 Å². The van der Waals surface area contributed by atoms with Crippen molar-refractivity contribution in [2.24, 2.45) is 0 Å². The number of rotatable bonds is 4. The molecule has 0 spiro atoms. The molecule has 0 saturated carbocycles. The van der Waals surface area contributed by atoms with Gasteiger partial charge in [-0.15, -0.1) is 0 Å². The Kier molecular flexibility index (Phi) is 4.20. The quantitative estimate of drug-likeness (QED) is 0.680. The minimum atomic E-state index is -0.0657. The Bertz CT molecular complexity index is 657. The average Bonchev–Trinajstić information content (AvgIpc) is 2.45. The maximum Gasteiger partial charge on any atom is 0.185 e. The Balaban J connectivity index is 2.17. The number of phenols is 1. The summed E-state index contributed by atoms with van der Waals surface area (Å²) in [6.07, 6.45) is 3.17. The van der Waals surface area contributed by atoms with Crippen molar-refractivity contribution in [3.8, 4) is 11.5 Å². The van der Waals surface area contributed by atoms with Gasteiger partial charge in [0.25, 0.3) is 0 Å². The molecule has 1 N–H and O–H groups in total. The van der Waals surface area contributed by atoms with Crippen LogP contribution < -0.4 is 4.74 Å². The van der Waals surface area contributed by atoms with Gasteiger partial charge in [-0.2, -0.15) is 0 Å². The van der Waals surface area contributed by atoms with Crippen LogP contribution in [0.2, 0.25) is 0 Å². The molecule has 20 heavy (non-hydrogen) atoms. The first-order valence-electron chi connectivity index (χ1n) is 6.26. The highest BCUT2D eigenvalue weighted by molar-refractivity contribution is 6.06. The second kappa shape index (κ2) is 6.06. The van der Waals surface area contributed by atoms with Crippen LogP contribution in [0.3, 0.4) is 0 Å². The molecule has 0 bridgehead atoms. The summed E-state index contributed by atoms with van der Waals surface area (Å²) in [5, 5.41) is 9.67. The van der Waals surface area contributed by atoms with Crippen molar-refractivity contribution >= 4 is 11.9 Å². The van der Waals surface area contributed by atoms with Crippen LogP contribution in [0, 0.1) is 6.92 Å². The van der Waals surface area contributed by atoms with Gasteiger partial charge in [-0.1, -0.05) is 35.9 Å². The van der Waals surface area contributed by atoms with Crippen LogP contribution in [0.1, 0.15) is 21.5 Å². The van der Waals surface area contributed by atoms with Gasteiger partial charge in [-0.05, 0) is 36.8 Å². The second-order valence-electron chi connectivity index (χ2n) is 4.50. The van der Waals surface area contributed by atoms with Crippen LogP contribution in [0.5, 0.6) is 11.5 Å². The van der Waals surface area contributed by atoms with Gasteiger partial charge >= 0.3 is 0 Å². The molecule has 0 aliphatic heterocycles. The molecule has 0 aromatic heterocycles. The molecule has 0 radical (unpaired) electrons. The monoisotopic (exact) mass is 268 g/mol. The molecule has 2 aromatic carbocycles. The lowest BCUT2D eigenvalue weighted by atomic mass is 10.1. The third-order valence-electron chi connectivity index (χ3n) is 2.93. The molecule has 2 rings (SSSR count). The highest BCUT2D eigenvalue weighted by Gasteiger charge is 2.03. The summed E-state index contributed by atoms with van der Waals surface area (Å²) in [5.41, 5.74) is 2.44. The Hall–Kier alpha value is -2.55. The summed E-state index contributed by atoms with van der Waals surface area (Å²) in [6, 6.07) is 12.4. The van der Waals surface area contributed by atoms with Gasteiger partial charge in [0.15, 0.2) is 17.3 Å². The van der Waals surface area contributed by atoms with E-state index in [-0.39, 0.29) is 11.5 Å². The number of ether oxygens (including phenoxy) is 1. The molecule has 102 valence electrons. The van der Waals surface area contributed by atoms with Crippen LogP contribution in [0.25, 0.3) is 6.08 Å². The van der Waals surface area contributed by atoms with Crippen molar-refractivity contribution in [1.82, 2.24) is 0 Å². The normalized spacial score (nSPS) is 10.7. The number of carbonyl (C=O) groups is 1. The molecule has 3 heteroatoms. The number of aromatic hydroxyl groups is 1. The SMILES string of the molecule is COc1ccc(/C=C/C(=O)c2cccc(C)c2)cc1O. The summed E-state index contributed by atoms with van der Waals surface area (Å²) in [6.45, 7) is 1.95. The van der Waals surface area contributed by atoms with Crippen LogP contribution >= 0.6 is 0 Å². The molecule has 0 amide bonds. The minimum absolute atomic E-state index is 0.0534. The molecule has 0 saturated heterocycles. The molecule has 3 nitrogen and oxygen atoms in total. The maximum absolute atomic E-state index is 12.0. The first kappa shape index (κ1) is 13.9. The summed E-state index contributed by atoms with van der Waals surface area (Å²) in [7, 11) is 1.49. The summed E-state index contributed by atoms with van der Waals surface area (Å²) >= 11 is 0. The maximum atomic E-state index is 12.0. The predicted octanol–water partition coefficient (Wildman–Crippen LogP) is 3.61. The van der Waals surface area contributed by atoms with E-state index in [9.17, 15) is 9.90 Å². The Morgan fingerprint density at radius 1 is 1.20 bits per heavy atom. The number of phenolic OH excluding ortho intramolecular Hbond substituents is 1. The first-order chi connectivity index (χ1) is 9.60. The van der Waals surface area contributed by atoms with Gasteiger partial charge in [0.1, 0.15) is 0 Å². The zero-order valence-corrected chi connectivity index (χ0v) is 11.5. The summed E-state index contributed by atoms with van der Waals surface area (Å²) < 4.78 is 4.97. The van der Waals surface area contributed by atoms with E-state index in [0.29, 0.717) is 11.3 Å². The smallest absolute Gasteiger partial charge is 0.185 e. The lowest BCUT2D eigenvalue weighted by Gasteiger charge is -2.03. The van der Waals surface area contributed by atoms with Crippen molar-refractivity contribution in [3.63, 3.8) is 0 Å². The lowest BCUT2D eigenvalue weighted by molar-refractivity contribution is 0.104. The molecule has 0 aliphatic rings. The fourth-order valence-electron chi connectivity index (χ4n) is 1.88. The van der Waals surface area contributed by atoms with Crippen LogP contribution in [0.15, 0.2) is 48.5 Å². The van der Waals surface area contributed by atoms with Crippen molar-refractivity contribution < 1.29 is 14.6 Å². The molecular formula is C17H16O3. The first-order valence-corrected chi connectivity index (χ1v) is 6.26. The zero-order valence-electron chi connectivity index (χ0n) is 11.5. The van der Waals surface area contributed by atoms with E-state index < -0.39 is 0 Å². The van der Waals surface area contributed by atoms with Crippen molar-refractivity contribution in [2.45, 2.75) is 6.92 Å². The van der Waals surface area contributed by atoms with Gasteiger partial charge in [0, 0.05) is 5.56 Å². The van der Waals surface area contributed by atoms with Crippen LogP contribution in [0.4, 0.5) is 0 Å². The number of methoxy groups -OCH3 is 1. The van der Waals surface area contributed by atoms with Gasteiger partial charge in [0.2, 0.25) is 0 Å². The van der Waals surface area contributed by atoms with Crippen molar-refractivity contribution in [3.05, 3.63) is 65.2 Å². The number of aryl methyl sites for hydroxylation is 1. The highest BCUT2D eigenvalue weighted by atomic mass is 16.5. The van der Waals surface area contributed by atoms with Crippen LogP contribution in [-0.2, 0) is 0 Å². The van der Waals surface area contributed by atoms with E-state index in [4.69, 9.17) is 4.74 Å². The number of benzene rings is 2. The molecular weight excluding hydrogens is 252 g/mol. The second-order valence-corrected chi connectivity index (χ2v) is 4.50. The minimum Gasteiger partial charge on any atom is -0.504 e. The van der Waals surface area contributed by atoms with Crippen molar-refractivity contribution in [2.75, 3.05) is 7.11 Å². The third kappa shape index (κ3) is 3.26. The van der Waals surface area contributed by atoms with E-state index in [0.717, 1.165) is 11.1 Å². The van der Waals surface area contributed by atoms with E-state index in [1.54, 1.807) is 30.3 Å². The van der Waals surface area contributed by atoms with E-state index in [2.05, 4.69) is 0 Å². The Morgan fingerprint density at radius 3 is 2.65 bits per heavy atom. The lowest BCUT2D eigenvalue weighted by Crippen LogP contribution is -1.94. The molecule has 2 aromatic rings. The average molecular weight is 268 g/mol. The number of carbonyl (C=O) groups excluding carboxylic acids is 1. The zero-order chi connectivity index (χ0) is 14.5. The molecule has 0 heterocycles. The summed E-state index contributed by atoms with van der Waals surface area (Å²) in [5.74, 6) is 0.397. The largest absolute Gasteiger partial charge is 0.504 e. The Labute approximate surface area is 118 Å². The number of allylic oxidation sites excluding steroid dienone is 1. The molecule has 0 atom stereocenters. The molecule has 0 aliphatic carbocycles. The number of ketones is 1. The van der Waals surface area contributed by atoms with Gasteiger partial charge in [-0.3, -0.25) is 4.79 Å². The van der Waals surface area contributed by atoms with E-state index in [1.165, 1.54) is 13.2 Å². The fourth-order valence-corrected chi connectivity index (χ4v) is 1.88. The highest BCUT2D eigenvalue weighted by Crippen LogP contribution is 2.26. The summed E-state index contributed by atoms with van der Waals surface area (Å²) in [4.78, 5) is 12.0. The third-order valence-corrected chi connectivity index (χ3v) is 2.93. The molecule has 0 unspecified atom stereocenters. The topological polar surface area (TPSA) is 46.5 Å². The van der Waals surface area contributed by atoms with E-state index >= 15 is 0 Å². The fraction of sp³-hybridized carbons (Fsp3) is 0.118. The predicted molar refractivity (Wildman–Crippen MR) is 79.2 cm³/mol. The van der Waals surface area contributed by atoms with Crippen molar-refractivity contribution in [1.29, 1.82) is 0 Å².